The van der Waals surface area contributed by atoms with E-state index in [0.29, 0.717) is 18.2 Å². The van der Waals surface area contributed by atoms with Crippen LogP contribution in [0, 0.1) is 5.21 Å². The zero-order valence-corrected chi connectivity index (χ0v) is 14.8. The Bertz CT molecular complexity index is 595. The van der Waals surface area contributed by atoms with Crippen LogP contribution in [-0.4, -0.2) is 37.0 Å². The minimum absolute atomic E-state index is 0.545. The van der Waals surface area contributed by atoms with E-state index >= 15 is 0 Å². The van der Waals surface area contributed by atoms with Crippen molar-refractivity contribution in [1.29, 1.82) is 0 Å². The highest BCUT2D eigenvalue weighted by Crippen LogP contribution is 2.34. The van der Waals surface area contributed by atoms with Crippen molar-refractivity contribution in [3.05, 3.63) is 28.5 Å². The Morgan fingerprint density at radius 3 is 2.54 bits per heavy atom. The molecule has 0 bridgehead atoms. The molecule has 0 radical (unpaired) electrons. The smallest absolute Gasteiger partial charge is 0.214 e. The van der Waals surface area contributed by atoms with E-state index in [1.54, 1.807) is 0 Å². The number of aryl methyl sites for hydroxylation is 2. The van der Waals surface area contributed by atoms with Gasteiger partial charge in [0.25, 0.3) is 0 Å². The molecular formula is C18H28N5O-. The lowest BCUT2D eigenvalue weighted by atomic mass is 10.1. The molecule has 0 fully saturated rings. The zero-order valence-electron chi connectivity index (χ0n) is 14.8. The van der Waals surface area contributed by atoms with Crippen molar-refractivity contribution >= 4 is 17.3 Å². The summed E-state index contributed by atoms with van der Waals surface area (Å²) < 4.78 is 0. The third-order valence-corrected chi connectivity index (χ3v) is 4.66. The van der Waals surface area contributed by atoms with Crippen LogP contribution in [0.15, 0.2) is 17.1 Å². The molecule has 2 aliphatic rings. The van der Waals surface area contributed by atoms with Crippen molar-refractivity contribution in [3.63, 3.8) is 0 Å². The van der Waals surface area contributed by atoms with Crippen LogP contribution in [0.3, 0.4) is 0 Å². The number of hydrogen-bond donors (Lipinski definition) is 2. The second-order valence-corrected chi connectivity index (χ2v) is 6.59. The third-order valence-electron chi connectivity index (χ3n) is 4.66. The molecule has 6 nitrogen and oxygen atoms in total. The molecule has 1 aromatic rings. The lowest BCUT2D eigenvalue weighted by molar-refractivity contribution is 0.282. The number of guanidine groups is 1. The monoisotopic (exact) mass is 330 g/mol. The predicted molar refractivity (Wildman–Crippen MR) is 100 cm³/mol. The highest BCUT2D eigenvalue weighted by Gasteiger charge is 2.19. The zero-order chi connectivity index (χ0) is 16.9. The SMILES string of the molecule is CCCN(CCC)CCN=C1Nc2cc3c(cc2N([O-])N1)CCC3. The van der Waals surface area contributed by atoms with E-state index in [4.69, 9.17) is 0 Å². The van der Waals surface area contributed by atoms with E-state index in [0.717, 1.165) is 56.2 Å². The van der Waals surface area contributed by atoms with E-state index in [2.05, 4.69) is 40.5 Å². The molecule has 1 aromatic carbocycles. The Labute approximate surface area is 144 Å². The number of nitrogens with zero attached hydrogens (tertiary/aromatic N) is 3. The van der Waals surface area contributed by atoms with Crippen LogP contribution < -0.4 is 15.9 Å². The largest absolute Gasteiger partial charge is 0.739 e. The van der Waals surface area contributed by atoms with Gasteiger partial charge in [0.05, 0.1) is 17.9 Å². The minimum Gasteiger partial charge on any atom is -0.739 e. The number of hydrogen-bond acceptors (Lipinski definition) is 4. The maximum Gasteiger partial charge on any atom is 0.214 e. The Balaban J connectivity index is 1.64. The van der Waals surface area contributed by atoms with Crippen molar-refractivity contribution in [2.75, 3.05) is 36.7 Å². The van der Waals surface area contributed by atoms with Crippen LogP contribution in [0.5, 0.6) is 0 Å². The van der Waals surface area contributed by atoms with Gasteiger partial charge in [0.15, 0.2) is 0 Å². The van der Waals surface area contributed by atoms with E-state index in [9.17, 15) is 5.21 Å². The lowest BCUT2D eigenvalue weighted by Gasteiger charge is -2.38. The van der Waals surface area contributed by atoms with E-state index in [-0.39, 0.29) is 0 Å². The number of nitrogens with one attached hydrogen (secondary N) is 2. The predicted octanol–water partition coefficient (Wildman–Crippen LogP) is 2.89. The van der Waals surface area contributed by atoms with Crippen molar-refractivity contribution in [2.45, 2.75) is 46.0 Å². The van der Waals surface area contributed by atoms with Gasteiger partial charge in [0.1, 0.15) is 0 Å². The third kappa shape index (κ3) is 3.82. The molecule has 0 spiro atoms. The number of aliphatic imine (C=N–C) groups is 1. The van der Waals surface area contributed by atoms with Crippen LogP contribution in [-0.2, 0) is 12.8 Å². The average Bonchev–Trinajstić information content (AvgIpc) is 3.01. The van der Waals surface area contributed by atoms with Gasteiger partial charge in [0.2, 0.25) is 5.96 Å². The molecule has 0 aromatic heterocycles. The fourth-order valence-electron chi connectivity index (χ4n) is 3.54. The molecule has 0 atom stereocenters. The van der Waals surface area contributed by atoms with E-state index < -0.39 is 0 Å². The Morgan fingerprint density at radius 2 is 1.83 bits per heavy atom. The van der Waals surface area contributed by atoms with Gasteiger partial charge in [-0.05, 0) is 68.5 Å². The van der Waals surface area contributed by atoms with Gasteiger partial charge >= 0.3 is 0 Å². The van der Waals surface area contributed by atoms with Crippen molar-refractivity contribution < 1.29 is 0 Å². The van der Waals surface area contributed by atoms with E-state index in [1.165, 1.54) is 17.5 Å². The van der Waals surface area contributed by atoms with Crippen LogP contribution in [0.25, 0.3) is 0 Å². The van der Waals surface area contributed by atoms with Gasteiger partial charge in [-0.1, -0.05) is 13.8 Å². The second-order valence-electron chi connectivity index (χ2n) is 6.59. The number of benzene rings is 1. The molecule has 3 rings (SSSR count). The van der Waals surface area contributed by atoms with E-state index in [1.807, 2.05) is 6.07 Å². The summed E-state index contributed by atoms with van der Waals surface area (Å²) in [7, 11) is 0. The summed E-state index contributed by atoms with van der Waals surface area (Å²) in [6, 6.07) is 4.12. The van der Waals surface area contributed by atoms with Gasteiger partial charge in [-0.3, -0.25) is 10.4 Å². The molecule has 24 heavy (non-hydrogen) atoms. The van der Waals surface area contributed by atoms with Gasteiger partial charge < -0.3 is 20.6 Å². The fourth-order valence-corrected chi connectivity index (χ4v) is 3.54. The number of anilines is 2. The van der Waals surface area contributed by atoms with Crippen LogP contribution >= 0.6 is 0 Å². The molecule has 1 aliphatic heterocycles. The first-order chi connectivity index (χ1) is 11.7. The molecule has 6 heteroatoms. The summed E-state index contributed by atoms with van der Waals surface area (Å²) in [5.74, 6) is 0.545. The summed E-state index contributed by atoms with van der Waals surface area (Å²) in [6.45, 7) is 8.20. The molecular weight excluding hydrogens is 302 g/mol. The molecule has 1 heterocycles. The number of rotatable bonds is 7. The molecule has 132 valence electrons. The topological polar surface area (TPSA) is 66.0 Å². The number of fused-ring (bicyclic) bond motifs is 2. The first kappa shape index (κ1) is 17.0. The van der Waals surface area contributed by atoms with Gasteiger partial charge in [-0.25, -0.2) is 0 Å². The highest BCUT2D eigenvalue weighted by atomic mass is 16.5. The Kier molecular flexibility index (Phi) is 5.58. The molecule has 0 unspecified atom stereocenters. The summed E-state index contributed by atoms with van der Waals surface area (Å²) in [4.78, 5) is 6.96. The fraction of sp³-hybridized carbons (Fsp3) is 0.611. The van der Waals surface area contributed by atoms with Crippen molar-refractivity contribution in [1.82, 2.24) is 10.3 Å². The van der Waals surface area contributed by atoms with Gasteiger partial charge in [0, 0.05) is 6.54 Å². The quantitative estimate of drug-likeness (QED) is 0.805. The minimum atomic E-state index is 0.545. The summed E-state index contributed by atoms with van der Waals surface area (Å²) in [5.41, 5.74) is 6.98. The summed E-state index contributed by atoms with van der Waals surface area (Å²) in [5, 5.41) is 16.4. The van der Waals surface area contributed by atoms with Crippen LogP contribution in [0.1, 0.15) is 44.2 Å². The Morgan fingerprint density at radius 1 is 1.12 bits per heavy atom. The molecule has 0 amide bonds. The maximum atomic E-state index is 12.3. The van der Waals surface area contributed by atoms with Crippen molar-refractivity contribution in [2.24, 2.45) is 4.99 Å². The summed E-state index contributed by atoms with van der Waals surface area (Å²) in [6.07, 6.45) is 5.66. The molecule has 0 saturated carbocycles. The first-order valence-electron chi connectivity index (χ1n) is 9.14. The van der Waals surface area contributed by atoms with Crippen molar-refractivity contribution in [3.8, 4) is 0 Å². The Hall–Kier alpha value is -1.79. The highest BCUT2D eigenvalue weighted by molar-refractivity contribution is 6.01. The standard InChI is InChI=1S/C18H28N5O/c1-3-9-22(10-4-2)11-8-19-18-20-16-12-14-6-5-7-15(14)13-17(16)23(24)21-18/h12-13H,3-11H2,1-2H3,(H2,19,20,21)/q-1. The molecule has 1 aliphatic carbocycles. The number of hydrazine groups is 1. The first-order valence-corrected chi connectivity index (χ1v) is 9.14. The average molecular weight is 330 g/mol. The normalized spacial score (nSPS) is 17.7. The maximum absolute atomic E-state index is 12.3. The van der Waals surface area contributed by atoms with Crippen LogP contribution in [0.4, 0.5) is 11.4 Å². The second kappa shape index (κ2) is 7.85. The summed E-state index contributed by atoms with van der Waals surface area (Å²) >= 11 is 0. The molecule has 2 N–H and O–H groups in total. The van der Waals surface area contributed by atoms with Crippen LogP contribution in [0.2, 0.25) is 0 Å². The lowest BCUT2D eigenvalue weighted by Crippen LogP contribution is -2.46. The molecule has 0 saturated heterocycles. The van der Waals surface area contributed by atoms with Gasteiger partial charge in [-0.15, -0.1) is 0 Å². The van der Waals surface area contributed by atoms with Gasteiger partial charge in [-0.2, -0.15) is 0 Å².